The fraction of sp³-hybridized carbons (Fsp3) is 0.200. The first-order valence-electron chi connectivity index (χ1n) is 3.43. The molecule has 1 heteroatoms. The van der Waals surface area contributed by atoms with Gasteiger partial charge in [0.25, 0.3) is 0 Å². The molecular formula is C10H10Hf+2. The molecule has 0 radical (unpaired) electrons. The van der Waals surface area contributed by atoms with Crippen molar-refractivity contribution in [3.63, 3.8) is 0 Å². The summed E-state index contributed by atoms with van der Waals surface area (Å²) in [5.74, 6) is 0. The summed E-state index contributed by atoms with van der Waals surface area (Å²) < 4.78 is 0. The summed E-state index contributed by atoms with van der Waals surface area (Å²) >= 11 is 0. The quantitative estimate of drug-likeness (QED) is 0.477. The number of rotatable bonds is 0. The molecule has 52 valence electrons. The predicted molar refractivity (Wildman–Crippen MR) is 43.1 cm³/mol. The molecule has 0 aromatic carbocycles. The summed E-state index contributed by atoms with van der Waals surface area (Å²) in [5, 5.41) is 0. The second kappa shape index (κ2) is 7.93. The van der Waals surface area contributed by atoms with Crippen molar-refractivity contribution < 1.29 is 25.8 Å². The third kappa shape index (κ3) is 6.24. The van der Waals surface area contributed by atoms with Gasteiger partial charge in [0.1, 0.15) is 0 Å². The van der Waals surface area contributed by atoms with E-state index in [1.54, 1.807) is 0 Å². The monoisotopic (exact) mass is 310 g/mol. The van der Waals surface area contributed by atoms with Crippen molar-refractivity contribution in [1.29, 1.82) is 0 Å². The fourth-order valence-electron chi connectivity index (χ4n) is 0.680. The minimum atomic E-state index is 0. The van der Waals surface area contributed by atoms with E-state index < -0.39 is 0 Å². The maximum atomic E-state index is 2.99. The Balaban J connectivity index is 0.000000167. The summed E-state index contributed by atoms with van der Waals surface area (Å²) in [6.45, 7) is 0. The molecule has 0 heterocycles. The molecule has 11 heavy (non-hydrogen) atoms. The van der Waals surface area contributed by atoms with Crippen LogP contribution in [-0.2, 0) is 25.8 Å². The van der Waals surface area contributed by atoms with Gasteiger partial charge in [0.15, 0.2) is 0 Å². The molecule has 0 aliphatic heterocycles. The van der Waals surface area contributed by atoms with Crippen molar-refractivity contribution >= 4 is 0 Å². The van der Waals surface area contributed by atoms with Crippen LogP contribution in [0.15, 0.2) is 36.5 Å². The molecule has 0 amide bonds. The van der Waals surface area contributed by atoms with Crippen molar-refractivity contribution in [2.45, 2.75) is 12.8 Å². The number of hydrogen-bond acceptors (Lipinski definition) is 0. The molecule has 0 unspecified atom stereocenters. The summed E-state index contributed by atoms with van der Waals surface area (Å²) in [6.07, 6.45) is 20.0. The molecule has 0 nitrogen and oxygen atoms in total. The van der Waals surface area contributed by atoms with E-state index in [-0.39, 0.29) is 25.8 Å². The van der Waals surface area contributed by atoms with Gasteiger partial charge in [0.05, 0.1) is 0 Å². The van der Waals surface area contributed by atoms with Crippen LogP contribution in [0.5, 0.6) is 0 Å². The van der Waals surface area contributed by atoms with E-state index in [9.17, 15) is 0 Å². The Hall–Kier alpha value is -0.170. The van der Waals surface area contributed by atoms with Crippen molar-refractivity contribution in [3.05, 3.63) is 48.6 Å². The first kappa shape index (κ1) is 10.8. The van der Waals surface area contributed by atoms with E-state index in [0.717, 1.165) is 12.8 Å². The molecule has 0 saturated carbocycles. The zero-order chi connectivity index (χ0) is 7.07. The minimum Gasteiger partial charge on any atom is -0.273 e. The smallest absolute Gasteiger partial charge is 0.273 e. The van der Waals surface area contributed by atoms with E-state index >= 15 is 0 Å². The fourth-order valence-corrected chi connectivity index (χ4v) is 0.680. The predicted octanol–water partition coefficient (Wildman–Crippen LogP) is 2.61. The average molecular weight is 309 g/mol. The molecular weight excluding hydrogens is 299 g/mol. The van der Waals surface area contributed by atoms with E-state index in [1.807, 2.05) is 24.3 Å². The Morgan fingerprint density at radius 1 is 0.818 bits per heavy atom. The van der Waals surface area contributed by atoms with Crippen LogP contribution >= 0.6 is 0 Å². The first-order chi connectivity index (χ1) is 5.00. The summed E-state index contributed by atoms with van der Waals surface area (Å²) in [4.78, 5) is 0. The van der Waals surface area contributed by atoms with Gasteiger partial charge in [0.2, 0.25) is 0 Å². The molecule has 0 N–H and O–H groups in total. The number of hydrogen-bond donors (Lipinski definition) is 0. The van der Waals surface area contributed by atoms with Crippen molar-refractivity contribution in [3.8, 4) is 0 Å². The van der Waals surface area contributed by atoms with Gasteiger partial charge in [-0.15, -0.1) is 12.8 Å². The summed E-state index contributed by atoms with van der Waals surface area (Å²) in [5.41, 5.74) is 0. The van der Waals surface area contributed by atoms with Gasteiger partial charge in [0, 0.05) is 0 Å². The van der Waals surface area contributed by atoms with Crippen molar-refractivity contribution in [2.24, 2.45) is 0 Å². The Labute approximate surface area is 87.2 Å². The molecule has 2 aliphatic rings. The third-order valence-electron chi connectivity index (χ3n) is 1.17. The third-order valence-corrected chi connectivity index (χ3v) is 1.17. The van der Waals surface area contributed by atoms with Crippen LogP contribution in [0.2, 0.25) is 0 Å². The van der Waals surface area contributed by atoms with Crippen LogP contribution in [0.3, 0.4) is 0 Å². The van der Waals surface area contributed by atoms with Gasteiger partial charge in [-0.25, -0.2) is 24.3 Å². The zero-order valence-electron chi connectivity index (χ0n) is 6.38. The zero-order valence-corrected chi connectivity index (χ0v) is 9.97. The van der Waals surface area contributed by atoms with Crippen LogP contribution in [0.25, 0.3) is 0 Å². The van der Waals surface area contributed by atoms with E-state index in [2.05, 4.69) is 24.3 Å². The molecule has 0 aromatic heterocycles. The van der Waals surface area contributed by atoms with E-state index in [4.69, 9.17) is 0 Å². The second-order valence-corrected chi connectivity index (χ2v) is 2.01. The molecule has 0 bridgehead atoms. The molecule has 0 spiro atoms. The van der Waals surface area contributed by atoms with Crippen LogP contribution in [0.4, 0.5) is 0 Å². The van der Waals surface area contributed by atoms with Crippen LogP contribution < -0.4 is 0 Å². The topological polar surface area (TPSA) is 0 Å². The average Bonchev–Trinajstić information content (AvgIpc) is 2.67. The largest absolute Gasteiger partial charge is 4.00 e. The van der Waals surface area contributed by atoms with E-state index in [1.165, 1.54) is 0 Å². The van der Waals surface area contributed by atoms with Gasteiger partial charge in [-0.1, -0.05) is 0 Å². The minimum absolute atomic E-state index is 0. The molecule has 0 fully saturated rings. The maximum Gasteiger partial charge on any atom is 4.00 e. The van der Waals surface area contributed by atoms with Gasteiger partial charge in [-0.3, -0.25) is 12.2 Å². The number of allylic oxidation sites excluding steroid dienone is 8. The first-order valence-corrected chi connectivity index (χ1v) is 3.43. The van der Waals surface area contributed by atoms with Crippen LogP contribution in [-0.4, -0.2) is 0 Å². The molecule has 0 aromatic rings. The molecule has 2 aliphatic carbocycles. The molecule has 0 atom stereocenters. The Bertz CT molecular complexity index is 143. The van der Waals surface area contributed by atoms with Crippen LogP contribution in [0, 0.1) is 12.2 Å². The van der Waals surface area contributed by atoms with Crippen LogP contribution in [0.1, 0.15) is 12.8 Å². The van der Waals surface area contributed by atoms with Gasteiger partial charge >= 0.3 is 25.8 Å². The maximum absolute atomic E-state index is 2.99. The Kier molecular flexibility index (Phi) is 7.81. The van der Waals surface area contributed by atoms with Crippen molar-refractivity contribution in [1.82, 2.24) is 0 Å². The van der Waals surface area contributed by atoms with Gasteiger partial charge in [-0.2, -0.15) is 12.2 Å². The standard InChI is InChI=1S/2C5H5.Hf/c2*1-2-4-5-3-1;/h2*1-3H,4H2;/q2*-1;+4. The van der Waals surface area contributed by atoms with Gasteiger partial charge in [-0.05, 0) is 0 Å². The summed E-state index contributed by atoms with van der Waals surface area (Å²) in [6, 6.07) is 0. The molecule has 2 rings (SSSR count). The normalized spacial score (nSPS) is 16.0. The Morgan fingerprint density at radius 3 is 1.36 bits per heavy atom. The summed E-state index contributed by atoms with van der Waals surface area (Å²) in [7, 11) is 0. The SMILES string of the molecule is [C-]1=CC=CC1.[C-]1=CC=CC1.[Hf+4]. The molecule has 0 saturated heterocycles. The van der Waals surface area contributed by atoms with Gasteiger partial charge < -0.3 is 0 Å². The Morgan fingerprint density at radius 2 is 1.27 bits per heavy atom. The van der Waals surface area contributed by atoms with E-state index in [0.29, 0.717) is 0 Å². The second-order valence-electron chi connectivity index (χ2n) is 2.01. The van der Waals surface area contributed by atoms with Crippen molar-refractivity contribution in [2.75, 3.05) is 0 Å².